The molecule has 11 heavy (non-hydrogen) atoms. The van der Waals surface area contributed by atoms with E-state index < -0.39 is 0 Å². The highest BCUT2D eigenvalue weighted by molar-refractivity contribution is 5.71. The van der Waals surface area contributed by atoms with Gasteiger partial charge in [-0.15, -0.1) is 0 Å². The monoisotopic (exact) mass is 150 g/mol. The topological polar surface area (TPSA) is 52.0 Å². The highest BCUT2D eigenvalue weighted by Crippen LogP contribution is 2.14. The Bertz CT molecular complexity index is 368. The number of aromatic amines is 2. The molecule has 0 aliphatic carbocycles. The first-order chi connectivity index (χ1) is 5.40. The lowest BCUT2D eigenvalue weighted by molar-refractivity contribution is -0.427. The van der Waals surface area contributed by atoms with Crippen LogP contribution >= 0.6 is 0 Å². The van der Waals surface area contributed by atoms with Gasteiger partial charge in [-0.25, -0.2) is 0 Å². The first-order valence-corrected chi connectivity index (χ1v) is 3.30. The SMILES string of the molecule is COc1ccc2[nH+][nH]nc2c1. The molecule has 2 aromatic rings. The van der Waals surface area contributed by atoms with Crippen molar-refractivity contribution in [3.63, 3.8) is 0 Å². The molecule has 0 atom stereocenters. The highest BCUT2D eigenvalue weighted by Gasteiger charge is 2.04. The maximum Gasteiger partial charge on any atom is 0.252 e. The fourth-order valence-corrected chi connectivity index (χ4v) is 0.985. The van der Waals surface area contributed by atoms with Crippen LogP contribution in [0.5, 0.6) is 5.75 Å². The van der Waals surface area contributed by atoms with Crippen LogP contribution in [0, 0.1) is 0 Å². The lowest BCUT2D eigenvalue weighted by Crippen LogP contribution is -2.00. The van der Waals surface area contributed by atoms with Gasteiger partial charge in [0.05, 0.1) is 7.11 Å². The first kappa shape index (κ1) is 6.15. The van der Waals surface area contributed by atoms with Crippen molar-refractivity contribution in [3.8, 4) is 5.75 Å². The fourth-order valence-electron chi connectivity index (χ4n) is 0.985. The minimum Gasteiger partial charge on any atom is -0.497 e. The second kappa shape index (κ2) is 2.23. The predicted molar refractivity (Wildman–Crippen MR) is 39.2 cm³/mol. The molecule has 0 aliphatic heterocycles. The van der Waals surface area contributed by atoms with Crippen LogP contribution < -0.4 is 9.84 Å². The largest absolute Gasteiger partial charge is 0.497 e. The second-order valence-electron chi connectivity index (χ2n) is 2.23. The Labute approximate surface area is 63.2 Å². The molecule has 1 heterocycles. The van der Waals surface area contributed by atoms with Gasteiger partial charge in [0.15, 0.2) is 5.52 Å². The van der Waals surface area contributed by atoms with Crippen LogP contribution in [-0.2, 0) is 0 Å². The molecular weight excluding hydrogens is 142 g/mol. The summed E-state index contributed by atoms with van der Waals surface area (Å²) in [6, 6.07) is 5.66. The number of hydrogen-bond donors (Lipinski definition) is 1. The van der Waals surface area contributed by atoms with Gasteiger partial charge >= 0.3 is 0 Å². The molecule has 0 radical (unpaired) electrons. The van der Waals surface area contributed by atoms with Crippen LogP contribution in [0.4, 0.5) is 0 Å². The van der Waals surface area contributed by atoms with E-state index in [9.17, 15) is 0 Å². The van der Waals surface area contributed by atoms with Gasteiger partial charge < -0.3 is 4.74 Å². The van der Waals surface area contributed by atoms with E-state index in [0.717, 1.165) is 16.8 Å². The smallest absolute Gasteiger partial charge is 0.252 e. The quantitative estimate of drug-likeness (QED) is 0.639. The van der Waals surface area contributed by atoms with E-state index in [2.05, 4.69) is 15.4 Å². The van der Waals surface area contributed by atoms with Crippen molar-refractivity contribution in [2.75, 3.05) is 7.11 Å². The molecule has 0 saturated heterocycles. The fraction of sp³-hybridized carbons (Fsp3) is 0.143. The highest BCUT2D eigenvalue weighted by atomic mass is 16.5. The van der Waals surface area contributed by atoms with Crippen LogP contribution in [0.3, 0.4) is 0 Å². The maximum absolute atomic E-state index is 5.02. The summed E-state index contributed by atoms with van der Waals surface area (Å²) in [5.74, 6) is 0.818. The molecule has 0 fully saturated rings. The summed E-state index contributed by atoms with van der Waals surface area (Å²) >= 11 is 0. The van der Waals surface area contributed by atoms with Gasteiger partial charge in [-0.05, 0) is 12.1 Å². The summed E-state index contributed by atoms with van der Waals surface area (Å²) in [7, 11) is 1.64. The van der Waals surface area contributed by atoms with Crippen LogP contribution in [0.1, 0.15) is 0 Å². The van der Waals surface area contributed by atoms with Crippen molar-refractivity contribution in [2.24, 2.45) is 0 Å². The van der Waals surface area contributed by atoms with Gasteiger partial charge in [-0.2, -0.15) is 5.10 Å². The Kier molecular flexibility index (Phi) is 1.25. The molecule has 0 saturated carbocycles. The zero-order valence-electron chi connectivity index (χ0n) is 6.09. The lowest BCUT2D eigenvalue weighted by Gasteiger charge is -1.93. The van der Waals surface area contributed by atoms with Crippen LogP contribution in [-0.4, -0.2) is 17.4 Å². The average Bonchev–Trinajstić information content (AvgIpc) is 2.50. The normalized spacial score (nSPS) is 10.3. The van der Waals surface area contributed by atoms with E-state index in [1.165, 1.54) is 0 Å². The molecule has 1 aromatic carbocycles. The Balaban J connectivity index is 2.67. The van der Waals surface area contributed by atoms with E-state index in [4.69, 9.17) is 4.74 Å². The average molecular weight is 150 g/mol. The van der Waals surface area contributed by atoms with Crippen LogP contribution in [0.2, 0.25) is 0 Å². The maximum atomic E-state index is 5.02. The van der Waals surface area contributed by atoms with Gasteiger partial charge in [0.1, 0.15) is 5.75 Å². The van der Waals surface area contributed by atoms with Crippen molar-refractivity contribution >= 4 is 11.0 Å². The molecule has 0 amide bonds. The Morgan fingerprint density at radius 3 is 3.27 bits per heavy atom. The molecule has 0 bridgehead atoms. The molecule has 4 heteroatoms. The molecule has 56 valence electrons. The van der Waals surface area contributed by atoms with Crippen molar-refractivity contribution < 1.29 is 9.84 Å². The number of fused-ring (bicyclic) bond motifs is 1. The zero-order valence-corrected chi connectivity index (χ0v) is 6.09. The number of ether oxygens (including phenoxy) is 1. The summed E-state index contributed by atoms with van der Waals surface area (Å²) in [6.07, 6.45) is 0. The number of nitrogens with one attached hydrogen (secondary N) is 2. The summed E-state index contributed by atoms with van der Waals surface area (Å²) in [5, 5.41) is 9.50. The van der Waals surface area contributed by atoms with E-state index in [1.807, 2.05) is 18.2 Å². The van der Waals surface area contributed by atoms with E-state index >= 15 is 0 Å². The van der Waals surface area contributed by atoms with Crippen LogP contribution in [0.15, 0.2) is 18.2 Å². The molecule has 1 aromatic heterocycles. The van der Waals surface area contributed by atoms with Gasteiger partial charge in [0, 0.05) is 11.2 Å². The second-order valence-corrected chi connectivity index (χ2v) is 2.23. The number of aromatic nitrogens is 3. The third-order valence-corrected chi connectivity index (χ3v) is 1.57. The summed E-state index contributed by atoms with van der Waals surface area (Å²) in [6.45, 7) is 0. The standard InChI is InChI=1S/C7H7N3O/c1-11-5-2-3-6-7(4-5)9-10-8-6/h2-4H,1H3,(H,8,9,10)/p+1. The lowest BCUT2D eigenvalue weighted by atomic mass is 10.3. The molecule has 4 nitrogen and oxygen atoms in total. The van der Waals surface area contributed by atoms with Crippen molar-refractivity contribution in [1.82, 2.24) is 10.3 Å². The Morgan fingerprint density at radius 1 is 1.55 bits per heavy atom. The van der Waals surface area contributed by atoms with E-state index in [1.54, 1.807) is 7.11 Å². The number of methoxy groups -OCH3 is 1. The van der Waals surface area contributed by atoms with E-state index in [0.29, 0.717) is 0 Å². The number of nitrogens with zero attached hydrogens (tertiary/aromatic N) is 1. The van der Waals surface area contributed by atoms with Crippen molar-refractivity contribution in [1.29, 1.82) is 0 Å². The van der Waals surface area contributed by atoms with E-state index in [-0.39, 0.29) is 0 Å². The van der Waals surface area contributed by atoms with Gasteiger partial charge in [-0.1, -0.05) is 5.21 Å². The summed E-state index contributed by atoms with van der Waals surface area (Å²) < 4.78 is 5.02. The zero-order chi connectivity index (χ0) is 7.68. The number of rotatable bonds is 1. The number of H-pyrrole nitrogens is 2. The van der Waals surface area contributed by atoms with Gasteiger partial charge in [0.2, 0.25) is 0 Å². The minimum atomic E-state index is 0.818. The summed E-state index contributed by atoms with van der Waals surface area (Å²) in [4.78, 5) is 0. The van der Waals surface area contributed by atoms with Gasteiger partial charge in [-0.3, -0.25) is 0 Å². The summed E-state index contributed by atoms with van der Waals surface area (Å²) in [5.41, 5.74) is 1.86. The van der Waals surface area contributed by atoms with Gasteiger partial charge in [0.25, 0.3) is 5.52 Å². The van der Waals surface area contributed by atoms with Crippen molar-refractivity contribution in [3.05, 3.63) is 18.2 Å². The molecule has 0 spiro atoms. The molecule has 0 aliphatic rings. The molecule has 2 rings (SSSR count). The third-order valence-electron chi connectivity index (χ3n) is 1.57. The predicted octanol–water partition coefficient (Wildman–Crippen LogP) is 0.386. The minimum absolute atomic E-state index is 0.818. The molecule has 0 unspecified atom stereocenters. The third kappa shape index (κ3) is 0.920. The van der Waals surface area contributed by atoms with Crippen LogP contribution in [0.25, 0.3) is 11.0 Å². The Hall–Kier alpha value is -1.58. The van der Waals surface area contributed by atoms with Crippen molar-refractivity contribution in [2.45, 2.75) is 0 Å². The molecular formula is C7H8N3O+. The Morgan fingerprint density at radius 2 is 2.45 bits per heavy atom. The number of benzene rings is 1. The first-order valence-electron chi connectivity index (χ1n) is 3.30. The number of hydrogen-bond acceptors (Lipinski definition) is 2. The molecule has 2 N–H and O–H groups in total.